The molecule has 1 saturated heterocycles. The van der Waals surface area contributed by atoms with Crippen LogP contribution in [-0.4, -0.2) is 39.7 Å². The van der Waals surface area contributed by atoms with Gasteiger partial charge in [-0.15, -0.1) is 10.2 Å². The van der Waals surface area contributed by atoms with Crippen LogP contribution >= 0.6 is 0 Å². The maximum Gasteiger partial charge on any atom is 0.233 e. The van der Waals surface area contributed by atoms with Gasteiger partial charge in [-0.2, -0.15) is 5.26 Å². The Morgan fingerprint density at radius 3 is 3.00 bits per heavy atom. The summed E-state index contributed by atoms with van der Waals surface area (Å²) in [6.45, 7) is 6.79. The Kier molecular flexibility index (Phi) is 4.53. The van der Waals surface area contributed by atoms with E-state index in [2.05, 4.69) is 38.4 Å². The van der Waals surface area contributed by atoms with Crippen LogP contribution in [0.2, 0.25) is 0 Å². The first-order valence-electron chi connectivity index (χ1n) is 7.80. The number of nitrogens with zero attached hydrogens (tertiary/aromatic N) is 5. The van der Waals surface area contributed by atoms with E-state index in [1.54, 1.807) is 12.3 Å². The molecule has 3 rings (SSSR count). The maximum absolute atomic E-state index is 8.77. The van der Waals surface area contributed by atoms with Crippen molar-refractivity contribution in [1.82, 2.24) is 20.1 Å². The summed E-state index contributed by atoms with van der Waals surface area (Å²) in [7, 11) is 0. The van der Waals surface area contributed by atoms with Crippen molar-refractivity contribution in [2.45, 2.75) is 26.3 Å². The van der Waals surface area contributed by atoms with Gasteiger partial charge in [0.15, 0.2) is 0 Å². The summed E-state index contributed by atoms with van der Waals surface area (Å²) in [6, 6.07) is 5.83. The van der Waals surface area contributed by atoms with E-state index >= 15 is 0 Å². The molecule has 2 aromatic heterocycles. The lowest BCUT2D eigenvalue weighted by Gasteiger charge is -2.21. The molecule has 0 aliphatic carbocycles. The van der Waals surface area contributed by atoms with Gasteiger partial charge in [0.1, 0.15) is 11.9 Å². The predicted octanol–water partition coefficient (Wildman–Crippen LogP) is 2.14. The summed E-state index contributed by atoms with van der Waals surface area (Å²) >= 11 is 0. The first kappa shape index (κ1) is 15.4. The SMILES string of the molecule is Cc1nnc([C@@H](C)N2CC[C@H](CNc3ccc(C#N)cn3)C2)o1. The number of aromatic nitrogens is 3. The van der Waals surface area contributed by atoms with E-state index in [0.29, 0.717) is 23.3 Å². The molecule has 0 bridgehead atoms. The Hall–Kier alpha value is -2.46. The zero-order valence-electron chi connectivity index (χ0n) is 13.4. The van der Waals surface area contributed by atoms with Crippen LogP contribution in [0.15, 0.2) is 22.7 Å². The number of hydrogen-bond donors (Lipinski definition) is 1. The molecular weight excluding hydrogens is 292 g/mol. The van der Waals surface area contributed by atoms with E-state index in [1.807, 2.05) is 13.0 Å². The van der Waals surface area contributed by atoms with E-state index < -0.39 is 0 Å². The van der Waals surface area contributed by atoms with Gasteiger partial charge in [0.05, 0.1) is 11.6 Å². The van der Waals surface area contributed by atoms with Crippen LogP contribution in [0.4, 0.5) is 5.82 Å². The molecule has 1 N–H and O–H groups in total. The topological polar surface area (TPSA) is 90.9 Å². The summed E-state index contributed by atoms with van der Waals surface area (Å²) in [4.78, 5) is 6.60. The fourth-order valence-corrected chi connectivity index (χ4v) is 2.83. The zero-order valence-corrected chi connectivity index (χ0v) is 13.4. The van der Waals surface area contributed by atoms with Crippen LogP contribution in [0.5, 0.6) is 0 Å². The fourth-order valence-electron chi connectivity index (χ4n) is 2.83. The van der Waals surface area contributed by atoms with Crippen molar-refractivity contribution in [3.8, 4) is 6.07 Å². The van der Waals surface area contributed by atoms with Crippen molar-refractivity contribution >= 4 is 5.82 Å². The Balaban J connectivity index is 1.50. The molecule has 0 amide bonds. The molecule has 23 heavy (non-hydrogen) atoms. The summed E-state index contributed by atoms with van der Waals surface area (Å²) in [5.41, 5.74) is 0.575. The molecule has 7 nitrogen and oxygen atoms in total. The number of aryl methyl sites for hydroxylation is 1. The van der Waals surface area contributed by atoms with Crippen molar-refractivity contribution < 1.29 is 4.42 Å². The van der Waals surface area contributed by atoms with E-state index in [9.17, 15) is 0 Å². The maximum atomic E-state index is 8.77. The molecule has 2 atom stereocenters. The number of anilines is 1. The Bertz CT molecular complexity index is 689. The van der Waals surface area contributed by atoms with E-state index in [1.165, 1.54) is 0 Å². The highest BCUT2D eigenvalue weighted by atomic mass is 16.4. The first-order chi connectivity index (χ1) is 11.2. The van der Waals surface area contributed by atoms with Crippen LogP contribution in [0.1, 0.15) is 36.7 Å². The van der Waals surface area contributed by atoms with Crippen molar-refractivity contribution in [3.63, 3.8) is 0 Å². The Labute approximate surface area is 135 Å². The third-order valence-electron chi connectivity index (χ3n) is 4.23. The number of nitrogens with one attached hydrogen (secondary N) is 1. The van der Waals surface area contributed by atoms with Gasteiger partial charge in [0.25, 0.3) is 0 Å². The number of hydrogen-bond acceptors (Lipinski definition) is 7. The Morgan fingerprint density at radius 1 is 1.48 bits per heavy atom. The summed E-state index contributed by atoms with van der Waals surface area (Å²) in [6.07, 6.45) is 2.71. The highest BCUT2D eigenvalue weighted by Crippen LogP contribution is 2.26. The molecule has 0 radical (unpaired) electrons. The lowest BCUT2D eigenvalue weighted by atomic mass is 10.1. The van der Waals surface area contributed by atoms with Crippen LogP contribution in [0.25, 0.3) is 0 Å². The van der Waals surface area contributed by atoms with Gasteiger partial charge in [0, 0.05) is 26.2 Å². The minimum absolute atomic E-state index is 0.147. The molecule has 0 saturated carbocycles. The number of pyridine rings is 1. The zero-order chi connectivity index (χ0) is 16.2. The minimum Gasteiger partial charge on any atom is -0.424 e. The van der Waals surface area contributed by atoms with Crippen LogP contribution in [0.3, 0.4) is 0 Å². The molecule has 1 aliphatic heterocycles. The van der Waals surface area contributed by atoms with Gasteiger partial charge < -0.3 is 9.73 Å². The van der Waals surface area contributed by atoms with Crippen molar-refractivity contribution in [2.24, 2.45) is 5.92 Å². The van der Waals surface area contributed by atoms with Gasteiger partial charge >= 0.3 is 0 Å². The molecule has 1 fully saturated rings. The quantitative estimate of drug-likeness (QED) is 0.904. The van der Waals surface area contributed by atoms with Crippen LogP contribution < -0.4 is 5.32 Å². The monoisotopic (exact) mass is 312 g/mol. The smallest absolute Gasteiger partial charge is 0.233 e. The van der Waals surface area contributed by atoms with Crippen molar-refractivity contribution in [3.05, 3.63) is 35.7 Å². The average Bonchev–Trinajstić information content (AvgIpc) is 3.22. The predicted molar refractivity (Wildman–Crippen MR) is 84.6 cm³/mol. The van der Waals surface area contributed by atoms with E-state index in [4.69, 9.17) is 9.68 Å². The number of nitriles is 1. The molecule has 0 aromatic carbocycles. The highest BCUT2D eigenvalue weighted by molar-refractivity contribution is 5.38. The lowest BCUT2D eigenvalue weighted by Crippen LogP contribution is -2.26. The molecule has 1 aliphatic rings. The fraction of sp³-hybridized carbons (Fsp3) is 0.500. The highest BCUT2D eigenvalue weighted by Gasteiger charge is 2.29. The average molecular weight is 312 g/mol. The molecule has 0 spiro atoms. The summed E-state index contributed by atoms with van der Waals surface area (Å²) < 4.78 is 5.53. The second-order valence-electron chi connectivity index (χ2n) is 5.91. The summed E-state index contributed by atoms with van der Waals surface area (Å²) in [5.74, 6) is 2.66. The summed E-state index contributed by atoms with van der Waals surface area (Å²) in [5, 5.41) is 20.1. The molecule has 7 heteroatoms. The van der Waals surface area contributed by atoms with Crippen molar-refractivity contribution in [1.29, 1.82) is 5.26 Å². The second-order valence-corrected chi connectivity index (χ2v) is 5.91. The number of rotatable bonds is 5. The van der Waals surface area contributed by atoms with Gasteiger partial charge in [0.2, 0.25) is 11.8 Å². The van der Waals surface area contributed by atoms with Crippen molar-refractivity contribution in [2.75, 3.05) is 25.0 Å². The molecule has 0 unspecified atom stereocenters. The van der Waals surface area contributed by atoms with Gasteiger partial charge in [-0.3, -0.25) is 4.90 Å². The second kappa shape index (κ2) is 6.75. The standard InChI is InChI=1S/C16H20N6O/c1-11(16-21-20-12(2)23-16)22-6-5-14(10-22)9-19-15-4-3-13(7-17)8-18-15/h3-4,8,11,14H,5-6,9-10H2,1-2H3,(H,18,19)/t11-,14-/m1/s1. The number of likely N-dealkylation sites (tertiary alicyclic amines) is 1. The van der Waals surface area contributed by atoms with Crippen LogP contribution in [-0.2, 0) is 0 Å². The third kappa shape index (κ3) is 3.66. The third-order valence-corrected chi connectivity index (χ3v) is 4.23. The van der Waals surface area contributed by atoms with Gasteiger partial charge in [-0.25, -0.2) is 4.98 Å². The van der Waals surface area contributed by atoms with Gasteiger partial charge in [-0.1, -0.05) is 0 Å². The minimum atomic E-state index is 0.147. The lowest BCUT2D eigenvalue weighted by molar-refractivity contribution is 0.216. The first-order valence-corrected chi connectivity index (χ1v) is 7.80. The molecule has 3 heterocycles. The molecule has 120 valence electrons. The largest absolute Gasteiger partial charge is 0.424 e. The molecule has 2 aromatic rings. The van der Waals surface area contributed by atoms with E-state index in [0.717, 1.165) is 31.9 Å². The normalized spacial score (nSPS) is 19.4. The van der Waals surface area contributed by atoms with Crippen LogP contribution in [0, 0.1) is 24.2 Å². The Morgan fingerprint density at radius 2 is 2.35 bits per heavy atom. The van der Waals surface area contributed by atoms with E-state index in [-0.39, 0.29) is 6.04 Å². The molecular formula is C16H20N6O. The van der Waals surface area contributed by atoms with Gasteiger partial charge in [-0.05, 0) is 37.9 Å².